The first kappa shape index (κ1) is 14.7. The van der Waals surface area contributed by atoms with Gasteiger partial charge >= 0.3 is 11.2 Å². The van der Waals surface area contributed by atoms with Crippen LogP contribution in [0.15, 0.2) is 42.5 Å². The largest absolute Gasteiger partial charge is 0.456 e. The molecule has 0 atom stereocenters. The van der Waals surface area contributed by atoms with Crippen molar-refractivity contribution in [2.45, 2.75) is 11.9 Å². The summed E-state index contributed by atoms with van der Waals surface area (Å²) in [6.45, 7) is -0.290. The zero-order valence-electron chi connectivity index (χ0n) is 10.1. The van der Waals surface area contributed by atoms with Crippen LogP contribution in [-0.4, -0.2) is 16.5 Å². The highest BCUT2D eigenvalue weighted by atomic mass is 32.2. The summed E-state index contributed by atoms with van der Waals surface area (Å²) in [5.41, 5.74) is 0.613. The first-order chi connectivity index (χ1) is 9.54. The lowest BCUT2D eigenvalue weighted by molar-refractivity contribution is -0.166. The Balaban J connectivity index is 2.12. The van der Waals surface area contributed by atoms with Gasteiger partial charge in [0.2, 0.25) is 0 Å². The number of hydrogen-bond acceptors (Lipinski definition) is 5. The highest BCUT2D eigenvalue weighted by molar-refractivity contribution is 7.96. The first-order valence-corrected chi connectivity index (χ1v) is 6.29. The van der Waals surface area contributed by atoms with E-state index in [0.29, 0.717) is 5.56 Å². The third-order valence-electron chi connectivity index (χ3n) is 2.62. The quantitative estimate of drug-likeness (QED) is 0.395. The molecule has 0 radical (unpaired) electrons. The maximum absolute atomic E-state index is 13.0. The highest BCUT2D eigenvalue weighted by Crippen LogP contribution is 2.31. The van der Waals surface area contributed by atoms with E-state index < -0.39 is 23.3 Å². The van der Waals surface area contributed by atoms with Gasteiger partial charge in [0.1, 0.15) is 18.6 Å². The van der Waals surface area contributed by atoms with Crippen LogP contribution in [0.3, 0.4) is 0 Å². The van der Waals surface area contributed by atoms with Gasteiger partial charge < -0.3 is 4.74 Å². The molecule has 0 aliphatic carbocycles. The number of alkyl halides is 2. The smallest absolute Gasteiger partial charge is 0.415 e. The zero-order chi connectivity index (χ0) is 14.6. The van der Waals surface area contributed by atoms with Crippen LogP contribution in [-0.2, 0) is 20.5 Å². The summed E-state index contributed by atoms with van der Waals surface area (Å²) >= 11 is -0.672. The molecule has 20 heavy (non-hydrogen) atoms. The minimum Gasteiger partial charge on any atom is -0.456 e. The molecule has 0 saturated carbocycles. The van der Waals surface area contributed by atoms with Gasteiger partial charge in [-0.3, -0.25) is 0 Å². The number of carbonyl (C=O) groups is 1. The Morgan fingerprint density at radius 3 is 2.65 bits per heavy atom. The fraction of sp³-hybridized carbons (Fsp3) is 0.154. The van der Waals surface area contributed by atoms with E-state index in [0.717, 1.165) is 10.8 Å². The first-order valence-electron chi connectivity index (χ1n) is 5.55. The van der Waals surface area contributed by atoms with Crippen molar-refractivity contribution in [2.75, 3.05) is 0 Å². The maximum atomic E-state index is 13.0. The normalized spacial score (nSPS) is 11.6. The van der Waals surface area contributed by atoms with E-state index >= 15 is 0 Å². The monoisotopic (exact) mass is 300 g/mol. The Bertz CT molecular complexity index is 613. The highest BCUT2D eigenvalue weighted by Gasteiger charge is 2.43. The third kappa shape index (κ3) is 3.24. The fourth-order valence-electron chi connectivity index (χ4n) is 1.73. The molecular weight excluding hydrogens is 290 g/mol. The molecule has 0 unspecified atom stereocenters. The van der Waals surface area contributed by atoms with Crippen molar-refractivity contribution in [2.24, 2.45) is 0 Å². The van der Waals surface area contributed by atoms with Gasteiger partial charge in [-0.05, 0) is 16.3 Å². The summed E-state index contributed by atoms with van der Waals surface area (Å²) in [6, 6.07) is 12.6. The second-order valence-corrected chi connectivity index (χ2v) is 4.72. The average Bonchev–Trinajstić information content (AvgIpc) is 2.44. The van der Waals surface area contributed by atoms with Gasteiger partial charge in [0.05, 0.1) is 0 Å². The van der Waals surface area contributed by atoms with Gasteiger partial charge in [0.15, 0.2) is 0 Å². The van der Waals surface area contributed by atoms with Crippen LogP contribution in [0.25, 0.3) is 10.8 Å². The predicted molar refractivity (Wildman–Crippen MR) is 70.0 cm³/mol. The second-order valence-electron chi connectivity index (χ2n) is 3.89. The molecule has 0 heterocycles. The van der Waals surface area contributed by atoms with Crippen LogP contribution >= 0.6 is 12.0 Å². The molecule has 0 saturated heterocycles. The molecule has 106 valence electrons. The Morgan fingerprint density at radius 2 is 1.90 bits per heavy atom. The number of halogens is 2. The van der Waals surface area contributed by atoms with Gasteiger partial charge in [-0.15, -0.1) is 0 Å². The van der Waals surface area contributed by atoms with Gasteiger partial charge in [-0.2, -0.15) is 13.1 Å². The fourth-order valence-corrected chi connectivity index (χ4v) is 1.95. The Kier molecular flexibility index (Phi) is 4.53. The minimum atomic E-state index is -3.96. The van der Waals surface area contributed by atoms with Gasteiger partial charge in [0.25, 0.3) is 0 Å². The lowest BCUT2D eigenvalue weighted by Crippen LogP contribution is -2.27. The number of hydrogen-bond donors (Lipinski definition) is 1. The van der Waals surface area contributed by atoms with Crippen LogP contribution in [0, 0.1) is 0 Å². The molecule has 0 bridgehead atoms. The molecule has 4 nitrogen and oxygen atoms in total. The lowest BCUT2D eigenvalue weighted by atomic mass is 10.1. The summed E-state index contributed by atoms with van der Waals surface area (Å²) in [5, 5.41) is 5.73. The summed E-state index contributed by atoms with van der Waals surface area (Å²) in [6.07, 6.45) is 0. The zero-order valence-corrected chi connectivity index (χ0v) is 10.9. The third-order valence-corrected chi connectivity index (χ3v) is 3.07. The number of benzene rings is 2. The number of rotatable bonds is 5. The predicted octanol–water partition coefficient (Wildman–Crippen LogP) is 3.61. The number of fused-ring (bicyclic) bond motifs is 1. The molecule has 7 heteroatoms. The van der Waals surface area contributed by atoms with Crippen LogP contribution in [0.5, 0.6) is 0 Å². The Hall–Kier alpha value is -1.70. The van der Waals surface area contributed by atoms with Crippen molar-refractivity contribution >= 4 is 28.8 Å². The van der Waals surface area contributed by atoms with Gasteiger partial charge in [-0.1, -0.05) is 42.5 Å². The summed E-state index contributed by atoms with van der Waals surface area (Å²) in [5.74, 6) is -1.77. The molecule has 0 fully saturated rings. The van der Waals surface area contributed by atoms with E-state index in [1.165, 1.54) is 0 Å². The minimum absolute atomic E-state index is 0.290. The molecule has 0 aromatic heterocycles. The molecule has 1 N–H and O–H groups in total. The van der Waals surface area contributed by atoms with Crippen LogP contribution in [0.4, 0.5) is 8.78 Å². The Labute approximate surface area is 117 Å². The molecule has 0 aliphatic heterocycles. The number of carbonyl (C=O) groups excluding carboxylic acids is 1. The van der Waals surface area contributed by atoms with Gasteiger partial charge in [-0.25, -0.2) is 10.1 Å². The van der Waals surface area contributed by atoms with E-state index in [2.05, 4.69) is 9.07 Å². The summed E-state index contributed by atoms with van der Waals surface area (Å²) in [4.78, 5) is 11.2. The van der Waals surface area contributed by atoms with Crippen molar-refractivity contribution in [3.63, 3.8) is 0 Å². The van der Waals surface area contributed by atoms with Crippen molar-refractivity contribution in [3.05, 3.63) is 48.0 Å². The molecule has 2 rings (SSSR count). The SMILES string of the molecule is O=C(OCc1cccc2ccccc12)C(F)(F)SOO. The topological polar surface area (TPSA) is 55.8 Å². The van der Waals surface area contributed by atoms with E-state index in [4.69, 9.17) is 5.26 Å². The van der Waals surface area contributed by atoms with E-state index in [9.17, 15) is 13.6 Å². The Morgan fingerprint density at radius 1 is 1.20 bits per heavy atom. The number of ether oxygens (including phenoxy) is 1. The average molecular weight is 300 g/mol. The standard InChI is InChI=1S/C13H10F2O4S/c14-13(15,20-19-17)12(16)18-8-10-6-3-5-9-4-1-2-7-11(9)10/h1-7,17H,8H2. The lowest BCUT2D eigenvalue weighted by Gasteiger charge is -2.12. The summed E-state index contributed by atoms with van der Waals surface area (Å²) < 4.78 is 33.8. The van der Waals surface area contributed by atoms with E-state index in [1.807, 2.05) is 24.3 Å². The van der Waals surface area contributed by atoms with Crippen molar-refractivity contribution in [1.29, 1.82) is 0 Å². The van der Waals surface area contributed by atoms with Crippen LogP contribution < -0.4 is 0 Å². The van der Waals surface area contributed by atoms with Crippen molar-refractivity contribution in [3.8, 4) is 0 Å². The van der Waals surface area contributed by atoms with Crippen LogP contribution in [0.1, 0.15) is 5.56 Å². The van der Waals surface area contributed by atoms with Gasteiger partial charge in [0, 0.05) is 0 Å². The maximum Gasteiger partial charge on any atom is 0.415 e. The molecule has 0 aliphatic rings. The van der Waals surface area contributed by atoms with E-state index in [1.54, 1.807) is 18.2 Å². The molecule has 2 aromatic rings. The molecule has 2 aromatic carbocycles. The summed E-state index contributed by atoms with van der Waals surface area (Å²) in [7, 11) is 0. The van der Waals surface area contributed by atoms with E-state index in [-0.39, 0.29) is 6.61 Å². The van der Waals surface area contributed by atoms with Crippen LogP contribution in [0.2, 0.25) is 0 Å². The second kappa shape index (κ2) is 6.17. The van der Waals surface area contributed by atoms with Crippen molar-refractivity contribution < 1.29 is 27.9 Å². The molecule has 0 spiro atoms. The molecule has 0 amide bonds. The van der Waals surface area contributed by atoms with Crippen molar-refractivity contribution in [1.82, 2.24) is 0 Å². The number of esters is 1. The molecular formula is C13H10F2O4S.